The standard InChI is InChI=1S/C16H22N2O7S/c1-24-6-2-8-26(22,23)17-10-14(19)18-15(16(20)21)12-3-4-13-11(9-12)5-7-25-13/h3-4,9,15,17H,2,5-8,10H2,1H3,(H,18,19)(H,20,21). The summed E-state index contributed by atoms with van der Waals surface area (Å²) in [7, 11) is -2.17. The van der Waals surface area contributed by atoms with Crippen molar-refractivity contribution in [1.82, 2.24) is 10.0 Å². The van der Waals surface area contributed by atoms with Crippen molar-refractivity contribution in [3.8, 4) is 5.75 Å². The first kappa shape index (κ1) is 20.1. The van der Waals surface area contributed by atoms with Gasteiger partial charge in [0, 0.05) is 20.1 Å². The minimum Gasteiger partial charge on any atom is -0.493 e. The van der Waals surface area contributed by atoms with Gasteiger partial charge in [-0.05, 0) is 29.7 Å². The fourth-order valence-corrected chi connectivity index (χ4v) is 3.52. The first-order valence-electron chi connectivity index (χ1n) is 8.06. The topological polar surface area (TPSA) is 131 Å². The summed E-state index contributed by atoms with van der Waals surface area (Å²) in [5.74, 6) is -1.45. The van der Waals surface area contributed by atoms with E-state index >= 15 is 0 Å². The Bertz CT molecular complexity index is 764. The van der Waals surface area contributed by atoms with Crippen molar-refractivity contribution in [2.45, 2.75) is 18.9 Å². The average Bonchev–Trinajstić information content (AvgIpc) is 3.05. The number of sulfonamides is 1. The molecule has 0 fully saturated rings. The molecule has 0 aliphatic carbocycles. The van der Waals surface area contributed by atoms with Gasteiger partial charge in [0.1, 0.15) is 5.75 Å². The van der Waals surface area contributed by atoms with Crippen LogP contribution in [0.4, 0.5) is 0 Å². The van der Waals surface area contributed by atoms with E-state index in [1.807, 2.05) is 0 Å². The fourth-order valence-electron chi connectivity index (χ4n) is 2.53. The van der Waals surface area contributed by atoms with Crippen molar-refractivity contribution in [2.24, 2.45) is 0 Å². The molecule has 0 spiro atoms. The van der Waals surface area contributed by atoms with Crippen LogP contribution in [0.1, 0.15) is 23.6 Å². The van der Waals surface area contributed by atoms with Gasteiger partial charge in [-0.2, -0.15) is 0 Å². The molecule has 1 unspecified atom stereocenters. The molecule has 10 heteroatoms. The molecule has 1 aliphatic rings. The molecule has 1 aromatic carbocycles. The maximum absolute atomic E-state index is 12.0. The van der Waals surface area contributed by atoms with E-state index in [-0.39, 0.29) is 12.4 Å². The van der Waals surface area contributed by atoms with Crippen molar-refractivity contribution < 1.29 is 32.6 Å². The van der Waals surface area contributed by atoms with Crippen molar-refractivity contribution in [1.29, 1.82) is 0 Å². The third kappa shape index (κ3) is 5.68. The minimum absolute atomic E-state index is 0.179. The van der Waals surface area contributed by atoms with Crippen molar-refractivity contribution in [3.05, 3.63) is 29.3 Å². The number of carbonyl (C=O) groups is 2. The molecule has 9 nitrogen and oxygen atoms in total. The molecule has 0 saturated carbocycles. The number of hydrogen-bond donors (Lipinski definition) is 3. The number of carbonyl (C=O) groups excluding carboxylic acids is 1. The van der Waals surface area contributed by atoms with Gasteiger partial charge in [-0.15, -0.1) is 0 Å². The Balaban J connectivity index is 1.95. The van der Waals surface area contributed by atoms with Crippen LogP contribution in [0.3, 0.4) is 0 Å². The molecule has 0 aromatic heterocycles. The van der Waals surface area contributed by atoms with Crippen LogP contribution in [0.5, 0.6) is 5.75 Å². The average molecular weight is 386 g/mol. The number of amides is 1. The Labute approximate surface area is 151 Å². The Morgan fingerprint density at radius 2 is 2.15 bits per heavy atom. The van der Waals surface area contributed by atoms with Crippen LogP contribution >= 0.6 is 0 Å². The summed E-state index contributed by atoms with van der Waals surface area (Å²) in [5, 5.41) is 11.7. The summed E-state index contributed by atoms with van der Waals surface area (Å²) >= 11 is 0. The molecule has 1 heterocycles. The molecule has 2 rings (SSSR count). The molecule has 1 amide bonds. The van der Waals surface area contributed by atoms with Crippen LogP contribution in [-0.2, 0) is 30.8 Å². The molecule has 26 heavy (non-hydrogen) atoms. The van der Waals surface area contributed by atoms with E-state index < -0.39 is 34.5 Å². The van der Waals surface area contributed by atoms with Gasteiger partial charge in [-0.3, -0.25) is 4.79 Å². The van der Waals surface area contributed by atoms with Crippen molar-refractivity contribution in [3.63, 3.8) is 0 Å². The van der Waals surface area contributed by atoms with Gasteiger partial charge in [-0.1, -0.05) is 6.07 Å². The number of benzene rings is 1. The van der Waals surface area contributed by atoms with Gasteiger partial charge in [0.15, 0.2) is 6.04 Å². The molecule has 0 bridgehead atoms. The quantitative estimate of drug-likeness (QED) is 0.475. The van der Waals surface area contributed by atoms with E-state index in [0.717, 1.165) is 5.56 Å². The van der Waals surface area contributed by atoms with Gasteiger partial charge < -0.3 is 19.9 Å². The monoisotopic (exact) mass is 386 g/mol. The first-order valence-corrected chi connectivity index (χ1v) is 9.71. The summed E-state index contributed by atoms with van der Waals surface area (Å²) in [4.78, 5) is 23.5. The van der Waals surface area contributed by atoms with E-state index in [2.05, 4.69) is 10.0 Å². The fraction of sp³-hybridized carbons (Fsp3) is 0.500. The highest BCUT2D eigenvalue weighted by Crippen LogP contribution is 2.28. The highest BCUT2D eigenvalue weighted by molar-refractivity contribution is 7.89. The van der Waals surface area contributed by atoms with Crippen LogP contribution in [0.2, 0.25) is 0 Å². The Morgan fingerprint density at radius 3 is 2.85 bits per heavy atom. The second-order valence-electron chi connectivity index (χ2n) is 5.79. The summed E-state index contributed by atoms with van der Waals surface area (Å²) in [5.41, 5.74) is 1.28. The highest BCUT2D eigenvalue weighted by Gasteiger charge is 2.24. The summed E-state index contributed by atoms with van der Waals surface area (Å²) in [6.07, 6.45) is 0.965. The van der Waals surface area contributed by atoms with E-state index in [0.29, 0.717) is 30.8 Å². The predicted octanol–water partition coefficient (Wildman–Crippen LogP) is -0.181. The smallest absolute Gasteiger partial charge is 0.330 e. The number of rotatable bonds is 10. The lowest BCUT2D eigenvalue weighted by Crippen LogP contribution is -2.41. The zero-order valence-electron chi connectivity index (χ0n) is 14.4. The summed E-state index contributed by atoms with van der Waals surface area (Å²) < 4.78 is 35.8. The van der Waals surface area contributed by atoms with Gasteiger partial charge in [-0.25, -0.2) is 17.9 Å². The first-order chi connectivity index (χ1) is 12.3. The lowest BCUT2D eigenvalue weighted by molar-refractivity contribution is -0.141. The van der Waals surface area contributed by atoms with Crippen LogP contribution in [-0.4, -0.2) is 58.0 Å². The number of carboxylic acids is 1. The maximum Gasteiger partial charge on any atom is 0.330 e. The number of ether oxygens (including phenoxy) is 2. The van der Waals surface area contributed by atoms with E-state index in [9.17, 15) is 23.1 Å². The Hall–Kier alpha value is -2.17. The lowest BCUT2D eigenvalue weighted by atomic mass is 10.0. The number of nitrogens with one attached hydrogen (secondary N) is 2. The third-order valence-corrected chi connectivity index (χ3v) is 5.22. The number of fused-ring (bicyclic) bond motifs is 1. The van der Waals surface area contributed by atoms with Crippen molar-refractivity contribution in [2.75, 3.05) is 32.6 Å². The zero-order chi connectivity index (χ0) is 19.2. The predicted molar refractivity (Wildman–Crippen MR) is 92.4 cm³/mol. The van der Waals surface area contributed by atoms with E-state index in [1.165, 1.54) is 7.11 Å². The van der Waals surface area contributed by atoms with E-state index in [4.69, 9.17) is 9.47 Å². The van der Waals surface area contributed by atoms with E-state index in [1.54, 1.807) is 18.2 Å². The highest BCUT2D eigenvalue weighted by atomic mass is 32.2. The normalized spacial score (nSPS) is 14.3. The lowest BCUT2D eigenvalue weighted by Gasteiger charge is -2.16. The minimum atomic E-state index is -3.63. The molecular formula is C16H22N2O7S. The van der Waals surface area contributed by atoms with Crippen LogP contribution in [0.25, 0.3) is 0 Å². The SMILES string of the molecule is COCCCS(=O)(=O)NCC(=O)NC(C(=O)O)c1ccc2c(c1)CCO2. The summed E-state index contributed by atoms with van der Waals surface area (Å²) in [6.45, 7) is 0.289. The van der Waals surface area contributed by atoms with Gasteiger partial charge in [0.2, 0.25) is 15.9 Å². The molecule has 3 N–H and O–H groups in total. The number of methoxy groups -OCH3 is 1. The van der Waals surface area contributed by atoms with Gasteiger partial charge in [0.05, 0.1) is 18.9 Å². The molecule has 1 aromatic rings. The van der Waals surface area contributed by atoms with Crippen molar-refractivity contribution >= 4 is 21.9 Å². The maximum atomic E-state index is 12.0. The van der Waals surface area contributed by atoms with Crippen LogP contribution in [0, 0.1) is 0 Å². The largest absolute Gasteiger partial charge is 0.493 e. The Morgan fingerprint density at radius 1 is 1.38 bits per heavy atom. The second kappa shape index (κ2) is 8.97. The van der Waals surface area contributed by atoms with Crippen LogP contribution < -0.4 is 14.8 Å². The molecule has 1 atom stereocenters. The molecule has 1 aliphatic heterocycles. The van der Waals surface area contributed by atoms with Gasteiger partial charge >= 0.3 is 5.97 Å². The zero-order valence-corrected chi connectivity index (χ0v) is 15.2. The molecule has 0 saturated heterocycles. The number of hydrogen-bond acceptors (Lipinski definition) is 6. The third-order valence-electron chi connectivity index (χ3n) is 3.81. The number of carboxylic acid groups (broad SMARTS) is 1. The molecule has 144 valence electrons. The van der Waals surface area contributed by atoms with Crippen LogP contribution in [0.15, 0.2) is 18.2 Å². The number of aliphatic carboxylic acids is 1. The molecule has 0 radical (unpaired) electrons. The molecular weight excluding hydrogens is 364 g/mol. The second-order valence-corrected chi connectivity index (χ2v) is 7.72. The summed E-state index contributed by atoms with van der Waals surface area (Å²) in [6, 6.07) is 3.64. The Kier molecular flexibility index (Phi) is 6.95. The van der Waals surface area contributed by atoms with Gasteiger partial charge in [0.25, 0.3) is 0 Å².